The third-order valence-electron chi connectivity index (χ3n) is 3.06. The van der Waals surface area contributed by atoms with E-state index in [0.717, 1.165) is 28.5 Å². The lowest BCUT2D eigenvalue weighted by molar-refractivity contribution is 0.904. The molecule has 0 unspecified atom stereocenters. The number of anilines is 1. The van der Waals surface area contributed by atoms with E-state index in [1.807, 2.05) is 38.2 Å². The highest BCUT2D eigenvalue weighted by Crippen LogP contribution is 2.21. The van der Waals surface area contributed by atoms with Crippen molar-refractivity contribution in [2.45, 2.75) is 20.4 Å². The zero-order chi connectivity index (χ0) is 14.0. The highest BCUT2D eigenvalue weighted by Gasteiger charge is 2.08. The fraction of sp³-hybridized carbons (Fsp3) is 0.286. The summed E-state index contributed by atoms with van der Waals surface area (Å²) in [6.07, 6.45) is 0. The third-order valence-corrected chi connectivity index (χ3v) is 4.12. The van der Waals surface area contributed by atoms with Crippen LogP contribution in [0.1, 0.15) is 21.1 Å². The second-order valence-electron chi connectivity index (χ2n) is 4.57. The van der Waals surface area contributed by atoms with Gasteiger partial charge in [-0.25, -0.2) is 4.98 Å². The van der Waals surface area contributed by atoms with Gasteiger partial charge in [-0.15, -0.1) is 11.3 Å². The predicted octanol–water partition coefficient (Wildman–Crippen LogP) is 2.68. The molecule has 0 saturated heterocycles. The Balaban J connectivity index is 2.11. The van der Waals surface area contributed by atoms with Gasteiger partial charge in [0.25, 0.3) is 0 Å². The first-order valence-corrected chi connectivity index (χ1v) is 6.87. The van der Waals surface area contributed by atoms with Crippen LogP contribution in [-0.4, -0.2) is 17.9 Å². The smallest absolute Gasteiger partial charge is 0.122 e. The van der Waals surface area contributed by atoms with Gasteiger partial charge >= 0.3 is 0 Å². The SMILES string of the molecule is Cc1nc(CN(C)c2ccc(C(=N)N)cc2)sc1C. The van der Waals surface area contributed by atoms with E-state index >= 15 is 0 Å². The molecule has 2 aromatic rings. The molecule has 0 aliphatic carbocycles. The molecule has 0 bridgehead atoms. The molecular formula is C14H18N4S. The van der Waals surface area contributed by atoms with Gasteiger partial charge < -0.3 is 10.6 Å². The number of hydrogen-bond donors (Lipinski definition) is 2. The van der Waals surface area contributed by atoms with Gasteiger partial charge in [-0.1, -0.05) is 0 Å². The van der Waals surface area contributed by atoms with Crippen molar-refractivity contribution in [1.82, 2.24) is 4.98 Å². The average molecular weight is 274 g/mol. The molecule has 5 heteroatoms. The normalized spacial score (nSPS) is 10.5. The van der Waals surface area contributed by atoms with Gasteiger partial charge in [0.15, 0.2) is 0 Å². The summed E-state index contributed by atoms with van der Waals surface area (Å²) in [5.74, 6) is 0.0976. The molecule has 0 atom stereocenters. The number of nitrogen functional groups attached to an aromatic ring is 1. The molecule has 100 valence electrons. The molecule has 0 aliphatic heterocycles. The van der Waals surface area contributed by atoms with E-state index in [2.05, 4.69) is 16.8 Å². The van der Waals surface area contributed by atoms with Crippen LogP contribution in [0.4, 0.5) is 5.69 Å². The van der Waals surface area contributed by atoms with Crippen LogP contribution >= 0.6 is 11.3 Å². The first-order valence-electron chi connectivity index (χ1n) is 6.06. The van der Waals surface area contributed by atoms with Gasteiger partial charge in [-0.05, 0) is 38.1 Å². The second kappa shape index (κ2) is 5.40. The van der Waals surface area contributed by atoms with E-state index < -0.39 is 0 Å². The zero-order valence-corrected chi connectivity index (χ0v) is 12.2. The fourth-order valence-electron chi connectivity index (χ4n) is 1.80. The highest BCUT2D eigenvalue weighted by molar-refractivity contribution is 7.11. The number of aryl methyl sites for hydroxylation is 2. The molecule has 1 aromatic carbocycles. The van der Waals surface area contributed by atoms with Crippen molar-refractivity contribution in [2.75, 3.05) is 11.9 Å². The van der Waals surface area contributed by atoms with Crippen LogP contribution in [0.3, 0.4) is 0 Å². The van der Waals surface area contributed by atoms with Crippen LogP contribution in [0.15, 0.2) is 24.3 Å². The van der Waals surface area contributed by atoms with Crippen molar-refractivity contribution in [2.24, 2.45) is 5.73 Å². The molecule has 19 heavy (non-hydrogen) atoms. The summed E-state index contributed by atoms with van der Waals surface area (Å²) in [6.45, 7) is 4.92. The van der Waals surface area contributed by atoms with Gasteiger partial charge in [-0.2, -0.15) is 0 Å². The lowest BCUT2D eigenvalue weighted by atomic mass is 10.2. The summed E-state index contributed by atoms with van der Waals surface area (Å²) in [7, 11) is 2.04. The summed E-state index contributed by atoms with van der Waals surface area (Å²) in [6, 6.07) is 7.69. The Hall–Kier alpha value is -1.88. The number of benzene rings is 1. The molecule has 0 aliphatic rings. The Bertz CT molecular complexity index is 566. The Kier molecular flexibility index (Phi) is 3.85. The Morgan fingerprint density at radius 3 is 2.42 bits per heavy atom. The Labute approximate surface area is 117 Å². The van der Waals surface area contributed by atoms with E-state index in [-0.39, 0.29) is 5.84 Å². The van der Waals surface area contributed by atoms with Crippen molar-refractivity contribution >= 4 is 22.9 Å². The summed E-state index contributed by atoms with van der Waals surface area (Å²) in [5, 5.41) is 8.49. The van der Waals surface area contributed by atoms with Gasteiger partial charge in [0.05, 0.1) is 12.2 Å². The molecule has 1 heterocycles. The maximum Gasteiger partial charge on any atom is 0.122 e. The minimum absolute atomic E-state index is 0.0976. The van der Waals surface area contributed by atoms with Gasteiger partial charge in [-0.3, -0.25) is 5.41 Å². The van der Waals surface area contributed by atoms with Crippen molar-refractivity contribution in [1.29, 1.82) is 5.41 Å². The number of thiazole rings is 1. The topological polar surface area (TPSA) is 66.0 Å². The summed E-state index contributed by atoms with van der Waals surface area (Å²) in [5.41, 5.74) is 8.40. The van der Waals surface area contributed by atoms with Gasteiger partial charge in [0, 0.05) is 23.2 Å². The molecule has 0 spiro atoms. The lowest BCUT2D eigenvalue weighted by Crippen LogP contribution is -2.17. The quantitative estimate of drug-likeness (QED) is 0.665. The van der Waals surface area contributed by atoms with Crippen molar-refractivity contribution in [3.63, 3.8) is 0 Å². The molecule has 4 nitrogen and oxygen atoms in total. The standard InChI is InChI=1S/C14H18N4S/c1-9-10(2)19-13(17-9)8-18(3)12-6-4-11(5-7-12)14(15)16/h4-7H,8H2,1-3H3,(H3,15,16). The average Bonchev–Trinajstić information content (AvgIpc) is 2.68. The number of nitrogens with one attached hydrogen (secondary N) is 1. The number of hydrogen-bond acceptors (Lipinski definition) is 4. The van der Waals surface area contributed by atoms with E-state index in [9.17, 15) is 0 Å². The molecule has 0 amide bonds. The monoisotopic (exact) mass is 274 g/mol. The van der Waals surface area contributed by atoms with Gasteiger partial charge in [0.1, 0.15) is 10.8 Å². The Morgan fingerprint density at radius 2 is 1.95 bits per heavy atom. The fourth-order valence-corrected chi connectivity index (χ4v) is 2.78. The maximum atomic E-state index is 7.37. The van der Waals surface area contributed by atoms with Crippen molar-refractivity contribution < 1.29 is 0 Å². The molecule has 0 saturated carbocycles. The molecule has 2 rings (SSSR count). The third kappa shape index (κ3) is 3.12. The van der Waals surface area contributed by atoms with Crippen molar-refractivity contribution in [3.05, 3.63) is 45.4 Å². The summed E-state index contributed by atoms with van der Waals surface area (Å²) >= 11 is 1.74. The lowest BCUT2D eigenvalue weighted by Gasteiger charge is -2.18. The van der Waals surface area contributed by atoms with Gasteiger partial charge in [0.2, 0.25) is 0 Å². The largest absolute Gasteiger partial charge is 0.384 e. The first kappa shape index (κ1) is 13.5. The summed E-state index contributed by atoms with van der Waals surface area (Å²) in [4.78, 5) is 7.96. The molecular weight excluding hydrogens is 256 g/mol. The van der Waals surface area contributed by atoms with Crippen LogP contribution in [0.2, 0.25) is 0 Å². The number of rotatable bonds is 4. The first-order chi connectivity index (χ1) is 8.97. The van der Waals surface area contributed by atoms with Crippen LogP contribution in [0, 0.1) is 19.3 Å². The predicted molar refractivity (Wildman–Crippen MR) is 81.2 cm³/mol. The second-order valence-corrected chi connectivity index (χ2v) is 5.85. The maximum absolute atomic E-state index is 7.37. The highest BCUT2D eigenvalue weighted by atomic mass is 32.1. The van der Waals surface area contributed by atoms with Crippen LogP contribution in [0.5, 0.6) is 0 Å². The molecule has 0 fully saturated rings. The van der Waals surface area contributed by atoms with Crippen LogP contribution < -0.4 is 10.6 Å². The molecule has 0 radical (unpaired) electrons. The zero-order valence-electron chi connectivity index (χ0n) is 11.4. The minimum atomic E-state index is 0.0976. The van der Waals surface area contributed by atoms with E-state index in [1.165, 1.54) is 4.88 Å². The van der Waals surface area contributed by atoms with E-state index in [4.69, 9.17) is 11.1 Å². The van der Waals surface area contributed by atoms with Crippen LogP contribution in [-0.2, 0) is 6.54 Å². The van der Waals surface area contributed by atoms with Crippen molar-refractivity contribution in [3.8, 4) is 0 Å². The number of amidine groups is 1. The Morgan fingerprint density at radius 1 is 1.32 bits per heavy atom. The number of nitrogens with two attached hydrogens (primary N) is 1. The number of nitrogens with zero attached hydrogens (tertiary/aromatic N) is 2. The summed E-state index contributed by atoms with van der Waals surface area (Å²) < 4.78 is 0. The van der Waals surface area contributed by atoms with E-state index in [0.29, 0.717) is 0 Å². The molecule has 1 aromatic heterocycles. The number of aromatic nitrogens is 1. The minimum Gasteiger partial charge on any atom is -0.384 e. The molecule has 3 N–H and O–H groups in total. The van der Waals surface area contributed by atoms with Crippen LogP contribution in [0.25, 0.3) is 0 Å². The van der Waals surface area contributed by atoms with E-state index in [1.54, 1.807) is 11.3 Å².